The van der Waals surface area contributed by atoms with Crippen molar-refractivity contribution < 1.29 is 41.0 Å². The molecule has 11 heteroatoms. The van der Waals surface area contributed by atoms with Crippen LogP contribution in [-0.4, -0.2) is 28.4 Å². The number of alkyl halides is 6. The summed E-state index contributed by atoms with van der Waals surface area (Å²) in [6, 6.07) is 11.5. The van der Waals surface area contributed by atoms with Crippen molar-refractivity contribution in [2.24, 2.45) is 16.7 Å². The van der Waals surface area contributed by atoms with Crippen LogP contribution >= 0.6 is 11.6 Å². The Balaban J connectivity index is 2.12. The smallest absolute Gasteiger partial charge is 0.426 e. The number of halogens is 7. The van der Waals surface area contributed by atoms with Crippen molar-refractivity contribution in [3.05, 3.63) is 65.3 Å². The van der Waals surface area contributed by atoms with Gasteiger partial charge in [-0.2, -0.15) is 26.3 Å². The monoisotopic (exact) mass is 493 g/mol. The van der Waals surface area contributed by atoms with E-state index >= 15 is 0 Å². The van der Waals surface area contributed by atoms with Crippen molar-refractivity contribution in [1.82, 2.24) is 4.98 Å². The third kappa shape index (κ3) is 4.40. The van der Waals surface area contributed by atoms with Crippen LogP contribution in [-0.2, 0) is 4.79 Å². The molecule has 4 nitrogen and oxygen atoms in total. The summed E-state index contributed by atoms with van der Waals surface area (Å²) in [5, 5.41) is 8.23. The van der Waals surface area contributed by atoms with Gasteiger partial charge in [-0.25, -0.2) is 4.98 Å². The number of aliphatic carboxylic acids is 1. The largest absolute Gasteiger partial charge is 0.481 e. The fourth-order valence-corrected chi connectivity index (χ4v) is 4.54. The molecule has 1 unspecified atom stereocenters. The zero-order valence-electron chi connectivity index (χ0n) is 17.2. The van der Waals surface area contributed by atoms with Gasteiger partial charge in [0.2, 0.25) is 5.88 Å². The minimum Gasteiger partial charge on any atom is -0.481 e. The van der Waals surface area contributed by atoms with Crippen molar-refractivity contribution in [3.8, 4) is 11.6 Å². The highest BCUT2D eigenvalue weighted by molar-refractivity contribution is 6.30. The van der Waals surface area contributed by atoms with Crippen molar-refractivity contribution in [2.45, 2.75) is 32.1 Å². The Morgan fingerprint density at radius 3 is 2.21 bits per heavy atom. The second-order valence-corrected chi connectivity index (χ2v) is 8.58. The number of ether oxygens (including phenoxy) is 1. The average Bonchev–Trinajstić information content (AvgIpc) is 3.16. The Hall–Kier alpha value is -2.75. The molecule has 1 aliphatic carbocycles. The summed E-state index contributed by atoms with van der Waals surface area (Å²) in [4.78, 5) is 16.1. The fraction of sp³-hybridized carbons (Fsp3) is 0.364. The first-order valence-electron chi connectivity index (χ1n) is 9.58. The van der Waals surface area contributed by atoms with Crippen LogP contribution in [0.15, 0.2) is 59.6 Å². The van der Waals surface area contributed by atoms with Crippen LogP contribution in [0.1, 0.15) is 25.5 Å². The summed E-state index contributed by atoms with van der Waals surface area (Å²) >= 11 is 5.26. The highest BCUT2D eigenvalue weighted by atomic mass is 35.5. The summed E-state index contributed by atoms with van der Waals surface area (Å²) in [6.45, 7) is 2.32. The molecule has 1 fully saturated rings. The second kappa shape index (κ2) is 8.23. The minimum atomic E-state index is -5.15. The number of carboxylic acid groups (broad SMARTS) is 1. The van der Waals surface area contributed by atoms with Crippen LogP contribution in [0.2, 0.25) is 0 Å². The lowest BCUT2D eigenvalue weighted by Crippen LogP contribution is -2.39. The standard InChI is InChI=1S/C22H18ClF6NO3/c1-19(2)14(11-15(23)21(24,25)26)20(19,18(31)32)17(22(27,28)29)13-9-6-10-16(30-13)33-12-7-4-3-5-8-12/h3-11,14,17H,1-2H3,(H,31,32)/b15-11+/t14?,17-,20+/m1/s1. The van der Waals surface area contributed by atoms with Gasteiger partial charge in [0.15, 0.2) is 0 Å². The second-order valence-electron chi connectivity index (χ2n) is 8.18. The first-order valence-corrected chi connectivity index (χ1v) is 9.95. The molecule has 3 rings (SSSR count). The van der Waals surface area contributed by atoms with E-state index in [1.165, 1.54) is 24.3 Å². The number of allylic oxidation sites excluding steroid dienone is 2. The summed E-state index contributed by atoms with van der Waals surface area (Å²) < 4.78 is 87.3. The molecule has 1 aromatic heterocycles. The molecule has 0 amide bonds. The summed E-state index contributed by atoms with van der Waals surface area (Å²) in [5.41, 5.74) is -5.08. The average molecular weight is 494 g/mol. The Morgan fingerprint density at radius 2 is 1.70 bits per heavy atom. The molecule has 0 spiro atoms. The zero-order valence-corrected chi connectivity index (χ0v) is 18.0. The Morgan fingerprint density at radius 1 is 1.09 bits per heavy atom. The van der Waals surface area contributed by atoms with Crippen molar-refractivity contribution in [2.75, 3.05) is 0 Å². The molecule has 1 N–H and O–H groups in total. The van der Waals surface area contributed by atoms with Gasteiger partial charge >= 0.3 is 18.3 Å². The zero-order chi connectivity index (χ0) is 24.8. The maximum atomic E-state index is 14.3. The first-order chi connectivity index (χ1) is 15.1. The molecule has 33 heavy (non-hydrogen) atoms. The van der Waals surface area contributed by atoms with Gasteiger partial charge < -0.3 is 9.84 Å². The minimum absolute atomic E-state index is 0.229. The third-order valence-corrected chi connectivity index (χ3v) is 6.32. The molecule has 1 aromatic carbocycles. The molecule has 0 bridgehead atoms. The number of hydrogen-bond acceptors (Lipinski definition) is 3. The SMILES string of the molecule is CC1(C)C(/C=C(/Cl)C(F)(F)F)[C@@]1(C(=O)O)[C@@H](c1cccc(Oc2ccccc2)n1)C(F)(F)F. The maximum absolute atomic E-state index is 14.3. The van der Waals surface area contributed by atoms with E-state index in [4.69, 9.17) is 16.3 Å². The predicted octanol–water partition coefficient (Wildman–Crippen LogP) is 6.93. The van der Waals surface area contributed by atoms with E-state index in [1.807, 2.05) is 0 Å². The Bertz CT molecular complexity index is 1070. The number of para-hydroxylation sites is 1. The molecule has 0 saturated heterocycles. The molecular formula is C22H18ClF6NO3. The van der Waals surface area contributed by atoms with E-state index in [-0.39, 0.29) is 11.6 Å². The van der Waals surface area contributed by atoms with Gasteiger partial charge in [0.1, 0.15) is 16.7 Å². The van der Waals surface area contributed by atoms with E-state index in [2.05, 4.69) is 4.98 Å². The molecule has 2 aromatic rings. The van der Waals surface area contributed by atoms with Crippen molar-refractivity contribution in [1.29, 1.82) is 0 Å². The van der Waals surface area contributed by atoms with Gasteiger partial charge in [0, 0.05) is 12.0 Å². The molecule has 178 valence electrons. The van der Waals surface area contributed by atoms with Crippen LogP contribution in [0.5, 0.6) is 11.6 Å². The molecule has 1 saturated carbocycles. The van der Waals surface area contributed by atoms with Crippen LogP contribution in [0.25, 0.3) is 0 Å². The summed E-state index contributed by atoms with van der Waals surface area (Å²) in [5.74, 6) is -6.24. The number of nitrogens with zero attached hydrogens (tertiary/aromatic N) is 1. The first kappa shape index (κ1) is 24.9. The topological polar surface area (TPSA) is 59.4 Å². The molecule has 1 aliphatic rings. The van der Waals surface area contributed by atoms with Gasteiger partial charge in [-0.15, -0.1) is 0 Å². The van der Waals surface area contributed by atoms with E-state index < -0.39 is 51.7 Å². The van der Waals surface area contributed by atoms with Gasteiger partial charge in [-0.1, -0.05) is 55.8 Å². The fourth-order valence-electron chi connectivity index (χ4n) is 4.42. The van der Waals surface area contributed by atoms with Gasteiger partial charge in [0.25, 0.3) is 0 Å². The van der Waals surface area contributed by atoms with Crippen molar-refractivity contribution >= 4 is 17.6 Å². The van der Waals surface area contributed by atoms with Crippen LogP contribution in [0.4, 0.5) is 26.3 Å². The molecular weight excluding hydrogens is 476 g/mol. The molecule has 0 radical (unpaired) electrons. The quantitative estimate of drug-likeness (QED) is 0.443. The lowest BCUT2D eigenvalue weighted by Gasteiger charge is -2.29. The Kier molecular flexibility index (Phi) is 6.21. The number of hydrogen-bond donors (Lipinski definition) is 1. The Labute approximate surface area is 189 Å². The summed E-state index contributed by atoms with van der Waals surface area (Å²) in [7, 11) is 0. The maximum Gasteiger partial charge on any atom is 0.426 e. The van der Waals surface area contributed by atoms with Crippen LogP contribution in [0.3, 0.4) is 0 Å². The highest BCUT2D eigenvalue weighted by Crippen LogP contribution is 2.77. The number of rotatable bonds is 6. The predicted molar refractivity (Wildman–Crippen MR) is 107 cm³/mol. The van der Waals surface area contributed by atoms with E-state index in [9.17, 15) is 36.2 Å². The normalized spacial score (nSPS) is 23.7. The molecule has 0 aliphatic heterocycles. The lowest BCUT2D eigenvalue weighted by molar-refractivity contribution is -0.184. The lowest BCUT2D eigenvalue weighted by atomic mass is 9.79. The van der Waals surface area contributed by atoms with Gasteiger partial charge in [-0.05, 0) is 23.6 Å². The molecule has 1 heterocycles. The number of aromatic nitrogens is 1. The molecule has 3 atom stereocenters. The van der Waals surface area contributed by atoms with Gasteiger partial charge in [-0.3, -0.25) is 4.79 Å². The van der Waals surface area contributed by atoms with E-state index in [1.54, 1.807) is 18.2 Å². The third-order valence-electron chi connectivity index (χ3n) is 5.98. The van der Waals surface area contributed by atoms with Crippen LogP contribution < -0.4 is 4.74 Å². The van der Waals surface area contributed by atoms with E-state index in [0.717, 1.165) is 19.9 Å². The van der Waals surface area contributed by atoms with Crippen molar-refractivity contribution in [3.63, 3.8) is 0 Å². The number of carboxylic acids is 1. The van der Waals surface area contributed by atoms with E-state index in [0.29, 0.717) is 6.08 Å². The van der Waals surface area contributed by atoms with Crippen LogP contribution in [0, 0.1) is 16.7 Å². The number of benzene rings is 1. The summed E-state index contributed by atoms with van der Waals surface area (Å²) in [6.07, 6.45) is -9.83. The number of carbonyl (C=O) groups is 1. The highest BCUT2D eigenvalue weighted by Gasteiger charge is 2.82. The van der Waals surface area contributed by atoms with Gasteiger partial charge in [0.05, 0.1) is 11.1 Å². The number of pyridine rings is 1.